The second-order valence-electron chi connectivity index (χ2n) is 5.75. The molecule has 136 valence electrons. The van der Waals surface area contributed by atoms with Crippen LogP contribution in [0.15, 0.2) is 29.2 Å². The van der Waals surface area contributed by atoms with Crippen LogP contribution in [0, 0.1) is 0 Å². The predicted octanol–water partition coefficient (Wildman–Crippen LogP) is 2.45. The van der Waals surface area contributed by atoms with Crippen LogP contribution in [0.25, 0.3) is 0 Å². The van der Waals surface area contributed by atoms with E-state index in [9.17, 15) is 22.0 Å². The third kappa shape index (κ3) is 4.23. The van der Waals surface area contributed by atoms with Crippen LogP contribution >= 0.6 is 12.4 Å². The quantitative estimate of drug-likeness (QED) is 0.867. The van der Waals surface area contributed by atoms with Gasteiger partial charge in [-0.25, -0.2) is 8.42 Å². The molecule has 5 nitrogen and oxygen atoms in total. The Morgan fingerprint density at radius 3 is 2.33 bits per heavy atom. The van der Waals surface area contributed by atoms with Crippen molar-refractivity contribution in [1.82, 2.24) is 4.90 Å². The Balaban J connectivity index is 0.00000288. The lowest BCUT2D eigenvalue weighted by atomic mass is 9.96. The first kappa shape index (κ1) is 20.8. The zero-order chi connectivity index (χ0) is 17.2. The lowest BCUT2D eigenvalue weighted by Crippen LogP contribution is -2.51. The van der Waals surface area contributed by atoms with Gasteiger partial charge < -0.3 is 10.6 Å². The molecule has 1 fully saturated rings. The van der Waals surface area contributed by atoms with E-state index in [1.54, 1.807) is 4.90 Å². The van der Waals surface area contributed by atoms with E-state index < -0.39 is 20.5 Å². The van der Waals surface area contributed by atoms with Gasteiger partial charge in [-0.1, -0.05) is 0 Å². The Bertz CT molecular complexity index is 666. The minimum absolute atomic E-state index is 0. The summed E-state index contributed by atoms with van der Waals surface area (Å²) in [6, 6.07) is 4.38. The zero-order valence-electron chi connectivity index (χ0n) is 13.2. The largest absolute Gasteiger partial charge is 0.341 e. The third-order valence-corrected chi connectivity index (χ3v) is 5.48. The summed E-state index contributed by atoms with van der Waals surface area (Å²) in [4.78, 5) is 13.8. The number of hydrogen-bond acceptors (Lipinski definition) is 4. The molecule has 24 heavy (non-hydrogen) atoms. The molecule has 0 bridgehead atoms. The highest BCUT2D eigenvalue weighted by molar-refractivity contribution is 7.91. The van der Waals surface area contributed by atoms with E-state index in [2.05, 4.69) is 0 Å². The third-order valence-electron chi connectivity index (χ3n) is 4.08. The van der Waals surface area contributed by atoms with Crippen molar-refractivity contribution < 1.29 is 22.0 Å². The maximum atomic E-state index is 12.6. The molecule has 1 amide bonds. The van der Waals surface area contributed by atoms with Crippen molar-refractivity contribution in [1.29, 1.82) is 0 Å². The molecule has 1 saturated heterocycles. The monoisotopic (exact) mass is 382 g/mol. The summed E-state index contributed by atoms with van der Waals surface area (Å²) in [5, 5.41) is 0. The van der Waals surface area contributed by atoms with Gasteiger partial charge in [0, 0.05) is 24.2 Å². The van der Waals surface area contributed by atoms with Crippen molar-refractivity contribution in [3.05, 3.63) is 29.8 Å². The number of sulfone groups is 1. The summed E-state index contributed by atoms with van der Waals surface area (Å²) in [5.74, 6) is -3.73. The maximum absolute atomic E-state index is 12.6. The van der Waals surface area contributed by atoms with Crippen LogP contribution in [0.5, 0.6) is 0 Å². The van der Waals surface area contributed by atoms with Crippen LogP contribution in [-0.2, 0) is 9.84 Å². The molecule has 2 rings (SSSR count). The normalized spacial score (nSPS) is 19.7. The van der Waals surface area contributed by atoms with Crippen molar-refractivity contribution in [2.24, 2.45) is 5.73 Å². The van der Waals surface area contributed by atoms with Crippen molar-refractivity contribution in [3.8, 4) is 0 Å². The molecule has 2 unspecified atom stereocenters. The van der Waals surface area contributed by atoms with Gasteiger partial charge in [0.25, 0.3) is 5.91 Å². The molecule has 1 aliphatic rings. The molecule has 0 radical (unpaired) electrons. The molecule has 0 saturated carbocycles. The van der Waals surface area contributed by atoms with Crippen molar-refractivity contribution in [2.75, 3.05) is 6.54 Å². The van der Waals surface area contributed by atoms with Crippen molar-refractivity contribution in [2.45, 2.75) is 48.9 Å². The van der Waals surface area contributed by atoms with E-state index in [1.165, 1.54) is 12.1 Å². The van der Waals surface area contributed by atoms with Gasteiger partial charge in [0.1, 0.15) is 0 Å². The lowest BCUT2D eigenvalue weighted by Gasteiger charge is -2.38. The molecule has 1 heterocycles. The lowest BCUT2D eigenvalue weighted by molar-refractivity contribution is 0.0583. The molecule has 1 aromatic rings. The van der Waals surface area contributed by atoms with E-state index in [0.717, 1.165) is 31.4 Å². The van der Waals surface area contributed by atoms with E-state index in [4.69, 9.17) is 5.73 Å². The number of likely N-dealkylation sites (tertiary alicyclic amines) is 1. The van der Waals surface area contributed by atoms with Gasteiger partial charge in [0.05, 0.1) is 4.90 Å². The molecular formula is C15H21ClF2N2O3S. The van der Waals surface area contributed by atoms with Gasteiger partial charge in [-0.2, -0.15) is 8.78 Å². The van der Waals surface area contributed by atoms with Crippen LogP contribution in [-0.4, -0.2) is 43.6 Å². The first-order valence-corrected chi connectivity index (χ1v) is 8.98. The van der Waals surface area contributed by atoms with Crippen molar-refractivity contribution >= 4 is 28.2 Å². The van der Waals surface area contributed by atoms with Crippen LogP contribution in [0.2, 0.25) is 0 Å². The minimum Gasteiger partial charge on any atom is -0.334 e. The second-order valence-corrected chi connectivity index (χ2v) is 7.67. The smallest absolute Gasteiger partial charge is 0.334 e. The summed E-state index contributed by atoms with van der Waals surface area (Å²) in [5.41, 5.74) is 6.20. The molecule has 2 atom stereocenters. The Hall–Kier alpha value is -1.25. The fourth-order valence-electron chi connectivity index (χ4n) is 2.81. The number of nitrogens with two attached hydrogens (primary N) is 1. The molecular weight excluding hydrogens is 362 g/mol. The number of benzene rings is 1. The fourth-order valence-corrected chi connectivity index (χ4v) is 3.53. The van der Waals surface area contributed by atoms with Gasteiger partial charge >= 0.3 is 5.76 Å². The molecule has 1 aliphatic heterocycles. The zero-order valence-corrected chi connectivity index (χ0v) is 14.8. The van der Waals surface area contributed by atoms with Crippen LogP contribution in [0.1, 0.15) is 36.5 Å². The summed E-state index contributed by atoms with van der Waals surface area (Å²) < 4.78 is 47.8. The molecule has 0 spiro atoms. The molecule has 2 N–H and O–H groups in total. The molecule has 1 aromatic carbocycles. The highest BCUT2D eigenvalue weighted by atomic mass is 35.5. The van der Waals surface area contributed by atoms with Gasteiger partial charge in [0.2, 0.25) is 9.84 Å². The Morgan fingerprint density at radius 1 is 1.25 bits per heavy atom. The maximum Gasteiger partial charge on any atom is 0.341 e. The standard InChI is InChI=1S/C15H20F2N2O3S.ClH/c1-10(18)13-4-2-3-9-19(13)14(20)11-5-7-12(8-6-11)23(21,22)15(16)17;/h5-8,10,13,15H,2-4,9,18H2,1H3;1H. The summed E-state index contributed by atoms with van der Waals surface area (Å²) in [7, 11) is -4.65. The first-order chi connectivity index (χ1) is 10.7. The van der Waals surface area contributed by atoms with E-state index in [1.807, 2.05) is 6.92 Å². The SMILES string of the molecule is CC(N)C1CCCCN1C(=O)c1ccc(S(=O)(=O)C(F)F)cc1.Cl. The van der Waals surface area contributed by atoms with E-state index >= 15 is 0 Å². The average molecular weight is 383 g/mol. The number of carbonyl (C=O) groups is 1. The number of amides is 1. The van der Waals surface area contributed by atoms with Gasteiger partial charge in [0.15, 0.2) is 0 Å². The van der Waals surface area contributed by atoms with Crippen LogP contribution in [0.4, 0.5) is 8.78 Å². The van der Waals surface area contributed by atoms with Gasteiger partial charge in [-0.3, -0.25) is 4.79 Å². The number of hydrogen-bond donors (Lipinski definition) is 1. The fraction of sp³-hybridized carbons (Fsp3) is 0.533. The molecule has 0 aromatic heterocycles. The minimum atomic E-state index is -4.65. The highest BCUT2D eigenvalue weighted by Crippen LogP contribution is 2.23. The highest BCUT2D eigenvalue weighted by Gasteiger charge is 2.31. The second kappa shape index (κ2) is 8.22. The Morgan fingerprint density at radius 2 is 1.83 bits per heavy atom. The Labute approximate surface area is 146 Å². The number of halogens is 3. The van der Waals surface area contributed by atoms with E-state index in [-0.39, 0.29) is 36.0 Å². The predicted molar refractivity (Wildman–Crippen MR) is 89.2 cm³/mol. The van der Waals surface area contributed by atoms with Crippen LogP contribution in [0.3, 0.4) is 0 Å². The van der Waals surface area contributed by atoms with Gasteiger partial charge in [-0.15, -0.1) is 12.4 Å². The number of alkyl halides is 2. The number of piperidine rings is 1. The Kier molecular flexibility index (Phi) is 7.12. The van der Waals surface area contributed by atoms with Crippen molar-refractivity contribution in [3.63, 3.8) is 0 Å². The van der Waals surface area contributed by atoms with E-state index in [0.29, 0.717) is 6.54 Å². The summed E-state index contributed by atoms with van der Waals surface area (Å²) in [6.07, 6.45) is 2.70. The molecule has 9 heteroatoms. The van der Waals surface area contributed by atoms with Crippen LogP contribution < -0.4 is 5.73 Å². The number of nitrogens with zero attached hydrogens (tertiary/aromatic N) is 1. The number of carbonyl (C=O) groups excluding carboxylic acids is 1. The topological polar surface area (TPSA) is 80.5 Å². The number of rotatable bonds is 4. The molecule has 0 aliphatic carbocycles. The average Bonchev–Trinajstić information content (AvgIpc) is 2.54. The van der Waals surface area contributed by atoms with Gasteiger partial charge in [-0.05, 0) is 50.5 Å². The summed E-state index contributed by atoms with van der Waals surface area (Å²) in [6.45, 7) is 2.43. The first-order valence-electron chi connectivity index (χ1n) is 7.44. The summed E-state index contributed by atoms with van der Waals surface area (Å²) >= 11 is 0.